The largest absolute Gasteiger partial charge is 0.473 e. The van der Waals surface area contributed by atoms with Gasteiger partial charge in [-0.3, -0.25) is 0 Å². The lowest BCUT2D eigenvalue weighted by atomic mass is 10.2. The molecule has 1 aliphatic rings. The molecule has 1 unspecified atom stereocenters. The first-order chi connectivity index (χ1) is 7.83. The van der Waals surface area contributed by atoms with Crippen molar-refractivity contribution in [1.82, 2.24) is 0 Å². The predicted molar refractivity (Wildman–Crippen MR) is 67.1 cm³/mol. The molecule has 0 aromatic heterocycles. The zero-order valence-corrected chi connectivity index (χ0v) is 9.96. The van der Waals surface area contributed by atoms with Gasteiger partial charge in [0.2, 0.25) is 0 Å². The van der Waals surface area contributed by atoms with Crippen molar-refractivity contribution in [1.29, 1.82) is 0 Å². The van der Waals surface area contributed by atoms with Gasteiger partial charge in [-0.1, -0.05) is 47.6 Å². The normalized spacial score (nSPS) is 17.9. The lowest BCUT2D eigenvalue weighted by molar-refractivity contribution is 0.302. The van der Waals surface area contributed by atoms with Crippen LogP contribution in [0.5, 0.6) is 5.75 Å². The van der Waals surface area contributed by atoms with Crippen LogP contribution in [0.4, 0.5) is 0 Å². The Hall–Kier alpha value is -1.12. The highest BCUT2D eigenvalue weighted by atomic mass is 35.5. The van der Waals surface area contributed by atoms with Crippen LogP contribution in [-0.2, 0) is 0 Å². The van der Waals surface area contributed by atoms with Crippen LogP contribution in [0, 0.1) is 0 Å². The number of benzene rings is 2. The highest BCUT2D eigenvalue weighted by molar-refractivity contribution is 7.99. The maximum absolute atomic E-state index is 5.97. The van der Waals surface area contributed by atoms with E-state index in [1.165, 1.54) is 4.90 Å². The van der Waals surface area contributed by atoms with E-state index in [1.54, 1.807) is 11.8 Å². The van der Waals surface area contributed by atoms with Crippen LogP contribution in [0.15, 0.2) is 53.4 Å². The third kappa shape index (κ3) is 1.79. The second kappa shape index (κ2) is 4.04. The maximum Gasteiger partial charge on any atom is 0.174 e. The van der Waals surface area contributed by atoms with Crippen molar-refractivity contribution in [2.45, 2.75) is 10.3 Å². The molecule has 0 bridgehead atoms. The Kier molecular flexibility index (Phi) is 2.54. The molecule has 3 rings (SSSR count). The highest BCUT2D eigenvalue weighted by Gasteiger charge is 2.24. The summed E-state index contributed by atoms with van der Waals surface area (Å²) in [4.78, 5) is 1.19. The Labute approximate surface area is 103 Å². The van der Waals surface area contributed by atoms with Gasteiger partial charge in [-0.2, -0.15) is 0 Å². The average Bonchev–Trinajstić information content (AvgIpc) is 2.72. The molecule has 80 valence electrons. The van der Waals surface area contributed by atoms with Crippen LogP contribution in [0.25, 0.3) is 0 Å². The molecule has 1 aliphatic heterocycles. The van der Waals surface area contributed by atoms with Gasteiger partial charge >= 0.3 is 0 Å². The first-order valence-electron chi connectivity index (χ1n) is 5.01. The Morgan fingerprint density at radius 3 is 2.75 bits per heavy atom. The summed E-state index contributed by atoms with van der Waals surface area (Å²) in [5.41, 5.74) is 1.13. The number of halogens is 1. The summed E-state index contributed by atoms with van der Waals surface area (Å²) in [5, 5.41) is 0.748. The van der Waals surface area contributed by atoms with Crippen LogP contribution in [0.1, 0.15) is 11.0 Å². The molecule has 0 N–H and O–H groups in total. The molecule has 1 nitrogen and oxygen atoms in total. The monoisotopic (exact) mass is 248 g/mol. The number of fused-ring (bicyclic) bond motifs is 1. The topological polar surface area (TPSA) is 9.23 Å². The molecule has 0 spiro atoms. The number of hydrogen-bond donors (Lipinski definition) is 0. The van der Waals surface area contributed by atoms with Crippen LogP contribution < -0.4 is 4.74 Å². The molecule has 1 atom stereocenters. The molecule has 0 saturated heterocycles. The van der Waals surface area contributed by atoms with Gasteiger partial charge in [0.05, 0.1) is 4.90 Å². The summed E-state index contributed by atoms with van der Waals surface area (Å²) < 4.78 is 5.85. The molecule has 3 heteroatoms. The molecule has 0 amide bonds. The van der Waals surface area contributed by atoms with E-state index in [0.29, 0.717) is 0 Å². The maximum atomic E-state index is 5.97. The van der Waals surface area contributed by atoms with E-state index in [0.717, 1.165) is 16.3 Å². The summed E-state index contributed by atoms with van der Waals surface area (Å²) >= 11 is 7.69. The third-order valence-corrected chi connectivity index (χ3v) is 3.85. The fourth-order valence-electron chi connectivity index (χ4n) is 1.69. The van der Waals surface area contributed by atoms with Crippen LogP contribution >= 0.6 is 23.4 Å². The zero-order chi connectivity index (χ0) is 11.0. The zero-order valence-electron chi connectivity index (χ0n) is 8.39. The minimum absolute atomic E-state index is 0.0242. The minimum atomic E-state index is 0.0242. The van der Waals surface area contributed by atoms with Gasteiger partial charge in [0.1, 0.15) is 5.75 Å². The van der Waals surface area contributed by atoms with Crippen LogP contribution in [0.2, 0.25) is 5.02 Å². The number of ether oxygens (including phenoxy) is 1. The van der Waals surface area contributed by atoms with Gasteiger partial charge in [-0.05, 0) is 24.3 Å². The van der Waals surface area contributed by atoms with Gasteiger partial charge in [-0.25, -0.2) is 0 Å². The Morgan fingerprint density at radius 1 is 1.06 bits per heavy atom. The van der Waals surface area contributed by atoms with Crippen molar-refractivity contribution >= 4 is 23.4 Å². The molecular weight excluding hydrogens is 240 g/mol. The van der Waals surface area contributed by atoms with E-state index in [-0.39, 0.29) is 5.44 Å². The van der Waals surface area contributed by atoms with E-state index >= 15 is 0 Å². The van der Waals surface area contributed by atoms with Crippen LogP contribution in [-0.4, -0.2) is 0 Å². The molecule has 2 aromatic carbocycles. The first-order valence-corrected chi connectivity index (χ1v) is 6.26. The van der Waals surface area contributed by atoms with Crippen molar-refractivity contribution in [3.05, 3.63) is 59.1 Å². The van der Waals surface area contributed by atoms with E-state index in [2.05, 4.69) is 6.07 Å². The molecule has 0 aliphatic carbocycles. The van der Waals surface area contributed by atoms with Crippen LogP contribution in [0.3, 0.4) is 0 Å². The summed E-state index contributed by atoms with van der Waals surface area (Å²) in [6.07, 6.45) is 0. The van der Waals surface area contributed by atoms with Gasteiger partial charge in [-0.15, -0.1) is 0 Å². The fraction of sp³-hybridized carbons (Fsp3) is 0.0769. The average molecular weight is 249 g/mol. The molecule has 1 heterocycles. The van der Waals surface area contributed by atoms with E-state index in [4.69, 9.17) is 16.3 Å². The Morgan fingerprint density at radius 2 is 1.94 bits per heavy atom. The third-order valence-electron chi connectivity index (χ3n) is 2.44. The molecule has 0 fully saturated rings. The van der Waals surface area contributed by atoms with Crippen molar-refractivity contribution in [3.8, 4) is 5.75 Å². The lowest BCUT2D eigenvalue weighted by Crippen LogP contribution is -1.97. The standard InChI is InChI=1S/C13H9ClOS/c14-10-5-3-4-9(8-10)13-15-11-6-1-2-7-12(11)16-13/h1-8,13H. The summed E-state index contributed by atoms with van der Waals surface area (Å²) in [6.45, 7) is 0. The summed E-state index contributed by atoms with van der Waals surface area (Å²) in [5.74, 6) is 0.956. The van der Waals surface area contributed by atoms with Crippen molar-refractivity contribution in [3.63, 3.8) is 0 Å². The quantitative estimate of drug-likeness (QED) is 0.734. The number of rotatable bonds is 1. The van der Waals surface area contributed by atoms with E-state index < -0.39 is 0 Å². The number of thioether (sulfide) groups is 1. The second-order valence-electron chi connectivity index (χ2n) is 3.57. The molecule has 0 radical (unpaired) electrons. The fourth-order valence-corrected chi connectivity index (χ4v) is 2.94. The Bertz CT molecular complexity index is 502. The second-order valence-corrected chi connectivity index (χ2v) is 5.11. The van der Waals surface area contributed by atoms with Gasteiger partial charge < -0.3 is 4.74 Å². The molecule has 2 aromatic rings. The lowest BCUT2D eigenvalue weighted by Gasteiger charge is -2.09. The smallest absolute Gasteiger partial charge is 0.174 e. The minimum Gasteiger partial charge on any atom is -0.473 e. The van der Waals surface area contributed by atoms with Gasteiger partial charge in [0.15, 0.2) is 5.44 Å². The first kappa shape index (κ1) is 10.1. The van der Waals surface area contributed by atoms with Gasteiger partial charge in [0, 0.05) is 10.6 Å². The SMILES string of the molecule is Clc1cccc(C2Oc3ccccc3S2)c1. The van der Waals surface area contributed by atoms with E-state index in [9.17, 15) is 0 Å². The summed E-state index contributed by atoms with van der Waals surface area (Å²) in [7, 11) is 0. The van der Waals surface area contributed by atoms with Crippen molar-refractivity contribution < 1.29 is 4.74 Å². The molecular formula is C13H9ClOS. The van der Waals surface area contributed by atoms with Crippen molar-refractivity contribution in [2.24, 2.45) is 0 Å². The van der Waals surface area contributed by atoms with E-state index in [1.807, 2.05) is 42.5 Å². The predicted octanol–water partition coefficient (Wildman–Crippen LogP) is 4.52. The summed E-state index contributed by atoms with van der Waals surface area (Å²) in [6, 6.07) is 15.9. The highest BCUT2D eigenvalue weighted by Crippen LogP contribution is 2.48. The number of para-hydroxylation sites is 1. The van der Waals surface area contributed by atoms with Crippen molar-refractivity contribution in [2.75, 3.05) is 0 Å². The molecule has 16 heavy (non-hydrogen) atoms. The van der Waals surface area contributed by atoms with Gasteiger partial charge in [0.25, 0.3) is 0 Å². The molecule has 0 saturated carbocycles. The Balaban J connectivity index is 1.91. The number of hydrogen-bond acceptors (Lipinski definition) is 2.